The summed E-state index contributed by atoms with van der Waals surface area (Å²) in [6.45, 7) is 9.88. The Morgan fingerprint density at radius 2 is 1.95 bits per heavy atom. The number of nitrogens with zero attached hydrogens (tertiary/aromatic N) is 3. The monoisotopic (exact) mass is 343 g/mol. The predicted molar refractivity (Wildman–Crippen MR) is 87.2 cm³/mol. The first-order valence-electron chi connectivity index (χ1n) is 7.11. The summed E-state index contributed by atoms with van der Waals surface area (Å²) in [5, 5.41) is 0. The number of amides is 1. The number of rotatable bonds is 6. The highest BCUT2D eigenvalue weighted by Gasteiger charge is 2.24. The third-order valence-electron chi connectivity index (χ3n) is 3.35. The van der Waals surface area contributed by atoms with E-state index in [1.165, 1.54) is 0 Å². The molecule has 0 spiro atoms. The molecule has 1 rings (SSSR count). The molecule has 0 saturated heterocycles. The zero-order chi connectivity index (χ0) is 15.4. The van der Waals surface area contributed by atoms with Crippen molar-refractivity contribution in [3.63, 3.8) is 0 Å². The normalized spacial score (nSPS) is 13.1. The Balaban J connectivity index is 3.02. The van der Waals surface area contributed by atoms with E-state index in [1.54, 1.807) is 0 Å². The molecule has 0 fully saturated rings. The second kappa shape index (κ2) is 7.27. The van der Waals surface area contributed by atoms with Gasteiger partial charge in [0, 0.05) is 35.8 Å². The number of hydrogen-bond acceptors (Lipinski definition) is 2. The van der Waals surface area contributed by atoms with E-state index in [0.29, 0.717) is 6.54 Å². The lowest BCUT2D eigenvalue weighted by molar-refractivity contribution is 0.0666. The summed E-state index contributed by atoms with van der Waals surface area (Å²) in [5.74, 6) is 0.0984. The number of carbonyl (C=O) groups is 1. The molecule has 0 saturated carbocycles. The molecular weight excluding hydrogens is 318 g/mol. The van der Waals surface area contributed by atoms with Gasteiger partial charge in [0.15, 0.2) is 0 Å². The van der Waals surface area contributed by atoms with Gasteiger partial charge in [-0.25, -0.2) is 0 Å². The summed E-state index contributed by atoms with van der Waals surface area (Å²) >= 11 is 3.47. The van der Waals surface area contributed by atoms with E-state index in [2.05, 4.69) is 41.6 Å². The van der Waals surface area contributed by atoms with E-state index in [4.69, 9.17) is 0 Å². The van der Waals surface area contributed by atoms with E-state index in [9.17, 15) is 4.79 Å². The maximum Gasteiger partial charge on any atom is 0.270 e. The maximum atomic E-state index is 12.8. The van der Waals surface area contributed by atoms with Crippen LogP contribution in [0.3, 0.4) is 0 Å². The highest BCUT2D eigenvalue weighted by Crippen LogP contribution is 2.21. The molecule has 1 aromatic rings. The molecule has 1 atom stereocenters. The molecule has 114 valence electrons. The van der Waals surface area contributed by atoms with Crippen molar-refractivity contribution in [3.05, 3.63) is 22.4 Å². The molecule has 0 bridgehead atoms. The van der Waals surface area contributed by atoms with Gasteiger partial charge in [0.05, 0.1) is 0 Å². The van der Waals surface area contributed by atoms with Gasteiger partial charge in [-0.05, 0) is 63.8 Å². The summed E-state index contributed by atoms with van der Waals surface area (Å²) in [6, 6.07) is 2.37. The second-order valence-corrected chi connectivity index (χ2v) is 6.66. The molecule has 20 heavy (non-hydrogen) atoms. The Bertz CT molecular complexity index is 454. The Morgan fingerprint density at radius 1 is 1.35 bits per heavy atom. The summed E-state index contributed by atoms with van der Waals surface area (Å²) in [4.78, 5) is 16.8. The zero-order valence-electron chi connectivity index (χ0n) is 13.4. The van der Waals surface area contributed by atoms with Gasteiger partial charge >= 0.3 is 0 Å². The van der Waals surface area contributed by atoms with Crippen molar-refractivity contribution < 1.29 is 4.79 Å². The van der Waals surface area contributed by atoms with Gasteiger partial charge in [0.2, 0.25) is 0 Å². The highest BCUT2D eigenvalue weighted by molar-refractivity contribution is 9.10. The molecule has 0 aliphatic rings. The first-order chi connectivity index (χ1) is 9.27. The van der Waals surface area contributed by atoms with E-state index >= 15 is 0 Å². The van der Waals surface area contributed by atoms with Gasteiger partial charge < -0.3 is 14.4 Å². The van der Waals surface area contributed by atoms with Gasteiger partial charge in [-0.15, -0.1) is 0 Å². The standard InChI is InChI=1S/C15H26BrN3O/c1-7-18(12(4)9-17(5)6)15(20)14-8-13(16)10-19(14)11(2)3/h8,10-12H,7,9H2,1-6H3. The summed E-state index contributed by atoms with van der Waals surface area (Å²) in [7, 11) is 4.06. The highest BCUT2D eigenvalue weighted by atomic mass is 79.9. The van der Waals surface area contributed by atoms with Crippen molar-refractivity contribution in [3.8, 4) is 0 Å². The van der Waals surface area contributed by atoms with Crippen molar-refractivity contribution in [2.75, 3.05) is 27.2 Å². The average Bonchev–Trinajstić information content (AvgIpc) is 2.71. The fourth-order valence-electron chi connectivity index (χ4n) is 2.47. The Hall–Kier alpha value is -0.810. The summed E-state index contributed by atoms with van der Waals surface area (Å²) < 4.78 is 2.98. The van der Waals surface area contributed by atoms with Crippen LogP contribution in [0, 0.1) is 0 Å². The van der Waals surface area contributed by atoms with Crippen LogP contribution < -0.4 is 0 Å². The van der Waals surface area contributed by atoms with E-state index in [0.717, 1.165) is 16.7 Å². The first-order valence-corrected chi connectivity index (χ1v) is 7.90. The summed E-state index contributed by atoms with van der Waals surface area (Å²) in [5.41, 5.74) is 0.749. The smallest absolute Gasteiger partial charge is 0.270 e. The Morgan fingerprint density at radius 3 is 2.40 bits per heavy atom. The molecule has 0 aromatic carbocycles. The molecule has 5 heteroatoms. The van der Waals surface area contributed by atoms with Crippen molar-refractivity contribution in [1.82, 2.24) is 14.4 Å². The van der Waals surface area contributed by atoms with Gasteiger partial charge in [-0.1, -0.05) is 0 Å². The van der Waals surface area contributed by atoms with Crippen LogP contribution in [0.15, 0.2) is 16.7 Å². The molecule has 4 nitrogen and oxygen atoms in total. The number of carbonyl (C=O) groups excluding carboxylic acids is 1. The topological polar surface area (TPSA) is 28.5 Å². The lowest BCUT2D eigenvalue weighted by Gasteiger charge is -2.30. The Kier molecular flexibility index (Phi) is 6.27. The fraction of sp³-hybridized carbons (Fsp3) is 0.667. The molecule has 0 N–H and O–H groups in total. The van der Waals surface area contributed by atoms with Crippen LogP contribution in [0.2, 0.25) is 0 Å². The largest absolute Gasteiger partial charge is 0.340 e. The maximum absolute atomic E-state index is 12.8. The van der Waals surface area contributed by atoms with Gasteiger partial charge in [0.25, 0.3) is 5.91 Å². The summed E-state index contributed by atoms with van der Waals surface area (Å²) in [6.07, 6.45) is 1.97. The molecule has 1 heterocycles. The second-order valence-electron chi connectivity index (χ2n) is 5.75. The molecule has 0 aliphatic heterocycles. The fourth-order valence-corrected chi connectivity index (χ4v) is 2.91. The van der Waals surface area contributed by atoms with Crippen molar-refractivity contribution in [2.45, 2.75) is 39.8 Å². The lowest BCUT2D eigenvalue weighted by Crippen LogP contribution is -2.44. The average molecular weight is 344 g/mol. The van der Waals surface area contributed by atoms with Gasteiger partial charge in [-0.2, -0.15) is 0 Å². The van der Waals surface area contributed by atoms with Crippen molar-refractivity contribution in [2.24, 2.45) is 0 Å². The van der Waals surface area contributed by atoms with Crippen LogP contribution in [0.25, 0.3) is 0 Å². The van der Waals surface area contributed by atoms with Crippen LogP contribution in [0.5, 0.6) is 0 Å². The van der Waals surface area contributed by atoms with Crippen LogP contribution in [0.1, 0.15) is 44.2 Å². The van der Waals surface area contributed by atoms with E-state index < -0.39 is 0 Å². The molecule has 1 amide bonds. The van der Waals surface area contributed by atoms with Crippen molar-refractivity contribution >= 4 is 21.8 Å². The molecular formula is C15H26BrN3O. The predicted octanol–water partition coefficient (Wildman–Crippen LogP) is 3.24. The number of likely N-dealkylation sites (N-methyl/N-ethyl adjacent to an activating group) is 2. The number of aromatic nitrogens is 1. The molecule has 0 radical (unpaired) electrons. The van der Waals surface area contributed by atoms with Crippen LogP contribution >= 0.6 is 15.9 Å². The molecule has 0 aliphatic carbocycles. The quantitative estimate of drug-likeness (QED) is 0.793. The first kappa shape index (κ1) is 17.2. The minimum absolute atomic E-state index is 0.0984. The number of hydrogen-bond donors (Lipinski definition) is 0. The Labute approximate surface area is 130 Å². The number of halogens is 1. The minimum Gasteiger partial charge on any atom is -0.340 e. The van der Waals surface area contributed by atoms with Gasteiger partial charge in [-0.3, -0.25) is 4.79 Å². The molecule has 1 aromatic heterocycles. The molecule has 1 unspecified atom stereocenters. The zero-order valence-corrected chi connectivity index (χ0v) is 14.9. The van der Waals surface area contributed by atoms with Crippen molar-refractivity contribution in [1.29, 1.82) is 0 Å². The lowest BCUT2D eigenvalue weighted by atomic mass is 10.2. The van der Waals surface area contributed by atoms with E-state index in [-0.39, 0.29) is 18.0 Å². The van der Waals surface area contributed by atoms with Gasteiger partial charge in [0.1, 0.15) is 5.69 Å². The van der Waals surface area contributed by atoms with Crippen LogP contribution in [-0.2, 0) is 0 Å². The third kappa shape index (κ3) is 4.09. The SMILES string of the molecule is CCN(C(=O)c1cc(Br)cn1C(C)C)C(C)CN(C)C. The van der Waals surface area contributed by atoms with Crippen LogP contribution in [0.4, 0.5) is 0 Å². The van der Waals surface area contributed by atoms with Crippen LogP contribution in [-0.4, -0.2) is 53.5 Å². The third-order valence-corrected chi connectivity index (χ3v) is 3.79. The minimum atomic E-state index is 0.0984. The van der Waals surface area contributed by atoms with E-state index in [1.807, 2.05) is 42.7 Å².